The van der Waals surface area contributed by atoms with Gasteiger partial charge in [0.05, 0.1) is 0 Å². The van der Waals surface area contributed by atoms with Gasteiger partial charge in [0.25, 0.3) is 0 Å². The zero-order valence-electron chi connectivity index (χ0n) is 17.8. The third-order valence-corrected chi connectivity index (χ3v) is 5.97. The molecule has 0 aromatic rings. The van der Waals surface area contributed by atoms with Crippen LogP contribution >= 0.6 is 9.24 Å². The van der Waals surface area contributed by atoms with Crippen LogP contribution in [0.3, 0.4) is 0 Å². The monoisotopic (exact) mass is 370 g/mol. The number of unbranched alkanes of at least 4 members (excludes halogenated alkanes) is 21. The minimum absolute atomic E-state index is 1.29. The summed E-state index contributed by atoms with van der Waals surface area (Å²) in [5.41, 5.74) is 0. The minimum atomic E-state index is 1.29. The number of rotatable bonds is 22. The predicted molar refractivity (Wildman–Crippen MR) is 122 cm³/mol. The van der Waals surface area contributed by atoms with Crippen LogP contribution in [0.25, 0.3) is 0 Å². The summed E-state index contributed by atoms with van der Waals surface area (Å²) in [6, 6.07) is 0. The van der Waals surface area contributed by atoms with Crippen molar-refractivity contribution >= 4 is 9.24 Å². The molecule has 0 heterocycles. The third-order valence-electron chi connectivity index (χ3n) is 5.56. The van der Waals surface area contributed by atoms with Gasteiger partial charge in [0.1, 0.15) is 0 Å². The normalized spacial score (nSPS) is 11.3. The van der Waals surface area contributed by atoms with E-state index >= 15 is 0 Å². The summed E-state index contributed by atoms with van der Waals surface area (Å²) < 4.78 is 0. The Labute approximate surface area is 163 Å². The second-order valence-corrected chi connectivity index (χ2v) is 8.79. The first kappa shape index (κ1) is 25.4. The van der Waals surface area contributed by atoms with E-state index in [-0.39, 0.29) is 0 Å². The van der Waals surface area contributed by atoms with Gasteiger partial charge in [-0.05, 0) is 12.6 Å². The van der Waals surface area contributed by atoms with E-state index in [1.807, 2.05) is 0 Å². The maximum atomic E-state index is 2.84. The van der Waals surface area contributed by atoms with Crippen LogP contribution in [0.1, 0.15) is 148 Å². The average molecular weight is 371 g/mol. The third kappa shape index (κ3) is 24.4. The van der Waals surface area contributed by atoms with Gasteiger partial charge in [-0.1, -0.05) is 142 Å². The van der Waals surface area contributed by atoms with Crippen molar-refractivity contribution < 1.29 is 0 Å². The van der Waals surface area contributed by atoms with Crippen LogP contribution in [0.5, 0.6) is 0 Å². The second-order valence-electron chi connectivity index (χ2n) is 8.21. The molecule has 0 N–H and O–H groups in total. The van der Waals surface area contributed by atoms with Crippen LogP contribution in [0, 0.1) is 0 Å². The molecule has 0 aliphatic heterocycles. The molecule has 0 radical (unpaired) electrons. The molecule has 1 heteroatoms. The predicted octanol–water partition coefficient (Wildman–Crippen LogP) is 9.46. The van der Waals surface area contributed by atoms with E-state index in [4.69, 9.17) is 0 Å². The molecule has 152 valence electrons. The van der Waals surface area contributed by atoms with Crippen molar-refractivity contribution in [3.05, 3.63) is 0 Å². The largest absolute Gasteiger partial charge is 0.138 e. The summed E-state index contributed by atoms with van der Waals surface area (Å²) in [6.45, 7) is 2.30. The lowest BCUT2D eigenvalue weighted by Crippen LogP contribution is -1.84. The Hall–Kier alpha value is 0.430. The highest BCUT2D eigenvalue weighted by Gasteiger charge is 1.95. The van der Waals surface area contributed by atoms with Crippen LogP contribution in [0.4, 0.5) is 0 Å². The number of hydrogen-bond acceptors (Lipinski definition) is 0. The Morgan fingerprint density at radius 2 is 0.520 bits per heavy atom. The van der Waals surface area contributed by atoms with E-state index < -0.39 is 0 Å². The van der Waals surface area contributed by atoms with Crippen molar-refractivity contribution in [1.29, 1.82) is 0 Å². The minimum Gasteiger partial charge on any atom is -0.138 e. The van der Waals surface area contributed by atoms with Crippen LogP contribution in [0.2, 0.25) is 0 Å². The van der Waals surface area contributed by atoms with Crippen LogP contribution < -0.4 is 0 Å². The summed E-state index contributed by atoms with van der Waals surface area (Å²) in [6.07, 6.45) is 33.7. The molecule has 0 aliphatic carbocycles. The summed E-state index contributed by atoms with van der Waals surface area (Å²) in [5.74, 6) is 0. The lowest BCUT2D eigenvalue weighted by molar-refractivity contribution is 0.520. The molecule has 0 spiro atoms. The molecule has 0 aromatic carbocycles. The van der Waals surface area contributed by atoms with Crippen molar-refractivity contribution in [1.82, 2.24) is 0 Å². The molecule has 1 unspecified atom stereocenters. The van der Waals surface area contributed by atoms with E-state index in [1.54, 1.807) is 0 Å². The fourth-order valence-electron chi connectivity index (χ4n) is 3.75. The SMILES string of the molecule is CCCCCCCCCCCCCCCCCCCCCCCCP. The molecule has 0 aromatic heterocycles. The van der Waals surface area contributed by atoms with Gasteiger partial charge in [0.2, 0.25) is 0 Å². The Bertz CT molecular complexity index is 192. The van der Waals surface area contributed by atoms with Gasteiger partial charge in [0, 0.05) is 0 Å². The quantitative estimate of drug-likeness (QED) is 0.131. The standard InChI is InChI=1S/C24H51P/c1-2-3-4-5-6-7-8-9-10-11-12-13-14-15-16-17-18-19-20-21-22-23-24-25/h2-25H2,1H3. The van der Waals surface area contributed by atoms with E-state index in [0.717, 1.165) is 0 Å². The fourth-order valence-corrected chi connectivity index (χ4v) is 4.04. The molecule has 0 bridgehead atoms. The molecule has 25 heavy (non-hydrogen) atoms. The topological polar surface area (TPSA) is 0 Å². The molecule has 0 saturated carbocycles. The molecular formula is C24H51P. The van der Waals surface area contributed by atoms with Gasteiger partial charge in [-0.3, -0.25) is 0 Å². The second kappa shape index (κ2) is 24.4. The van der Waals surface area contributed by atoms with Crippen molar-refractivity contribution in [2.45, 2.75) is 148 Å². The highest BCUT2D eigenvalue weighted by atomic mass is 31.0. The first-order valence-electron chi connectivity index (χ1n) is 12.1. The van der Waals surface area contributed by atoms with Gasteiger partial charge >= 0.3 is 0 Å². The van der Waals surface area contributed by atoms with E-state index in [9.17, 15) is 0 Å². The van der Waals surface area contributed by atoms with E-state index in [1.165, 1.54) is 147 Å². The number of hydrogen-bond donors (Lipinski definition) is 0. The molecule has 0 rings (SSSR count). The molecule has 0 aliphatic rings. The molecule has 0 nitrogen and oxygen atoms in total. The van der Waals surface area contributed by atoms with Crippen molar-refractivity contribution in [3.63, 3.8) is 0 Å². The fraction of sp³-hybridized carbons (Fsp3) is 1.00. The van der Waals surface area contributed by atoms with Crippen molar-refractivity contribution in [3.8, 4) is 0 Å². The van der Waals surface area contributed by atoms with Gasteiger partial charge in [-0.2, -0.15) is 0 Å². The summed E-state index contributed by atoms with van der Waals surface area (Å²) >= 11 is 0. The van der Waals surface area contributed by atoms with Gasteiger partial charge in [0.15, 0.2) is 0 Å². The Morgan fingerprint density at radius 1 is 0.320 bits per heavy atom. The first-order valence-corrected chi connectivity index (χ1v) is 12.9. The zero-order valence-corrected chi connectivity index (χ0v) is 19.0. The zero-order chi connectivity index (χ0) is 18.3. The highest BCUT2D eigenvalue weighted by Crippen LogP contribution is 2.15. The maximum absolute atomic E-state index is 2.84. The van der Waals surface area contributed by atoms with Gasteiger partial charge in [-0.15, -0.1) is 9.24 Å². The maximum Gasteiger partial charge on any atom is -0.0381 e. The van der Waals surface area contributed by atoms with Crippen LogP contribution in [0.15, 0.2) is 0 Å². The lowest BCUT2D eigenvalue weighted by Gasteiger charge is -2.04. The van der Waals surface area contributed by atoms with E-state index in [2.05, 4.69) is 16.2 Å². The Balaban J connectivity index is 2.94. The van der Waals surface area contributed by atoms with Gasteiger partial charge < -0.3 is 0 Å². The average Bonchev–Trinajstić information content (AvgIpc) is 2.63. The Morgan fingerprint density at radius 3 is 0.720 bits per heavy atom. The first-order chi connectivity index (χ1) is 12.4. The molecule has 0 saturated heterocycles. The van der Waals surface area contributed by atoms with Crippen LogP contribution in [-0.2, 0) is 0 Å². The molecular weight excluding hydrogens is 319 g/mol. The summed E-state index contributed by atoms with van der Waals surface area (Å²) in [4.78, 5) is 0. The van der Waals surface area contributed by atoms with Gasteiger partial charge in [-0.25, -0.2) is 0 Å². The molecule has 1 atom stereocenters. The van der Waals surface area contributed by atoms with Crippen molar-refractivity contribution in [2.75, 3.05) is 6.16 Å². The molecule has 0 amide bonds. The Kier molecular flexibility index (Phi) is 24.9. The highest BCUT2D eigenvalue weighted by molar-refractivity contribution is 7.16. The summed E-state index contributed by atoms with van der Waals surface area (Å²) in [5, 5.41) is 0. The molecule has 0 fully saturated rings. The lowest BCUT2D eigenvalue weighted by atomic mass is 10.0. The summed E-state index contributed by atoms with van der Waals surface area (Å²) in [7, 11) is 2.84. The van der Waals surface area contributed by atoms with E-state index in [0.29, 0.717) is 0 Å². The smallest absolute Gasteiger partial charge is 0.0381 e. The van der Waals surface area contributed by atoms with Crippen molar-refractivity contribution in [2.24, 2.45) is 0 Å². The van der Waals surface area contributed by atoms with Crippen LogP contribution in [-0.4, -0.2) is 6.16 Å².